The van der Waals surface area contributed by atoms with E-state index in [2.05, 4.69) is 0 Å². The van der Waals surface area contributed by atoms with E-state index in [0.717, 1.165) is 41.5 Å². The van der Waals surface area contributed by atoms with E-state index in [1.807, 2.05) is 73.7 Å². The number of hydrogen-bond donors (Lipinski definition) is 0. The van der Waals surface area contributed by atoms with Gasteiger partial charge in [0.2, 0.25) is 0 Å². The molecule has 0 aromatic heterocycles. The maximum atomic E-state index is 12.3. The summed E-state index contributed by atoms with van der Waals surface area (Å²) >= 11 is 0. The molecule has 2 aromatic carbocycles. The summed E-state index contributed by atoms with van der Waals surface area (Å²) in [4.78, 5) is 28.6. The minimum atomic E-state index is -0.640. The van der Waals surface area contributed by atoms with Crippen molar-refractivity contribution in [3.63, 3.8) is 0 Å². The first kappa shape index (κ1) is 20.7. The highest BCUT2D eigenvalue weighted by Crippen LogP contribution is 2.37. The van der Waals surface area contributed by atoms with Crippen LogP contribution in [-0.2, 0) is 14.3 Å². The number of allylic oxidation sites excluding steroid dienone is 2. The van der Waals surface area contributed by atoms with Crippen LogP contribution < -0.4 is 0 Å². The van der Waals surface area contributed by atoms with Crippen LogP contribution in [0.2, 0.25) is 0 Å². The minimum Gasteiger partial charge on any atom is -0.469 e. The van der Waals surface area contributed by atoms with Gasteiger partial charge >= 0.3 is 5.97 Å². The Balaban J connectivity index is 2.08. The van der Waals surface area contributed by atoms with Gasteiger partial charge in [0, 0.05) is 11.1 Å². The molecule has 2 unspecified atom stereocenters. The van der Waals surface area contributed by atoms with Gasteiger partial charge in [-0.1, -0.05) is 66.7 Å². The molecule has 1 aliphatic carbocycles. The molecule has 3 rings (SSSR count). The molecule has 29 heavy (non-hydrogen) atoms. The highest BCUT2D eigenvalue weighted by Gasteiger charge is 2.37. The van der Waals surface area contributed by atoms with Crippen LogP contribution >= 0.6 is 0 Å². The maximum absolute atomic E-state index is 12.3. The molecule has 4 heteroatoms. The largest absolute Gasteiger partial charge is 0.469 e. The van der Waals surface area contributed by atoms with Crippen molar-refractivity contribution in [2.75, 3.05) is 7.11 Å². The number of rotatable bonds is 7. The molecule has 0 bridgehead atoms. The number of ether oxygens (including phenoxy) is 1. The van der Waals surface area contributed by atoms with Crippen LogP contribution in [0.5, 0.6) is 0 Å². The second kappa shape index (κ2) is 9.46. The van der Waals surface area contributed by atoms with Gasteiger partial charge < -0.3 is 4.74 Å². The van der Waals surface area contributed by atoms with Crippen molar-refractivity contribution in [3.05, 3.63) is 83.4 Å². The third kappa shape index (κ3) is 5.08. The Kier molecular flexibility index (Phi) is 6.76. The fourth-order valence-corrected chi connectivity index (χ4v) is 3.91. The monoisotopic (exact) mass is 389 g/mol. The Hall–Kier alpha value is -3.01. The average Bonchev–Trinajstić information content (AvgIpc) is 2.78. The molecule has 0 spiro atoms. The van der Waals surface area contributed by atoms with E-state index < -0.39 is 5.54 Å². The lowest BCUT2D eigenvalue weighted by molar-refractivity contribution is -0.142. The van der Waals surface area contributed by atoms with Crippen molar-refractivity contribution in [3.8, 4) is 0 Å². The van der Waals surface area contributed by atoms with E-state index in [4.69, 9.17) is 9.73 Å². The lowest BCUT2D eigenvalue weighted by atomic mass is 9.74. The fourth-order valence-electron chi connectivity index (χ4n) is 3.91. The van der Waals surface area contributed by atoms with Crippen molar-refractivity contribution >= 4 is 18.0 Å². The van der Waals surface area contributed by atoms with Gasteiger partial charge in [-0.25, -0.2) is 0 Å². The summed E-state index contributed by atoms with van der Waals surface area (Å²) in [6.07, 6.45) is 5.36. The predicted molar refractivity (Wildman–Crippen MR) is 115 cm³/mol. The quantitative estimate of drug-likeness (QED) is 0.389. The first-order chi connectivity index (χ1) is 14.1. The summed E-state index contributed by atoms with van der Waals surface area (Å²) in [5.41, 5.74) is 3.07. The van der Waals surface area contributed by atoms with Crippen LogP contribution in [0.25, 0.3) is 0 Å². The zero-order chi connectivity index (χ0) is 20.7. The molecule has 4 nitrogen and oxygen atoms in total. The van der Waals surface area contributed by atoms with Gasteiger partial charge in [0.25, 0.3) is 0 Å². The SMILES string of the molecule is COC(=O)CC(C)(N=C(c1ccccc1)c1ccccc1)C1CC=C(C=O)CC1. The number of aliphatic imine (C=N–C) groups is 1. The number of nitrogens with zero attached hydrogens (tertiary/aromatic N) is 1. The molecule has 2 atom stereocenters. The summed E-state index contributed by atoms with van der Waals surface area (Å²) in [5, 5.41) is 0. The standard InChI is InChI=1S/C25H27NO3/c1-25(17-23(28)29-2,22-15-13-19(18-27)14-16-22)26-24(20-9-5-3-6-10-20)21-11-7-4-8-12-21/h3-13,18,22H,14-17H2,1-2H3. The third-order valence-corrected chi connectivity index (χ3v) is 5.67. The molecule has 0 N–H and O–H groups in total. The van der Waals surface area contributed by atoms with Crippen molar-refractivity contribution in [1.29, 1.82) is 0 Å². The van der Waals surface area contributed by atoms with E-state index in [9.17, 15) is 9.59 Å². The number of hydrogen-bond acceptors (Lipinski definition) is 4. The van der Waals surface area contributed by atoms with E-state index in [1.54, 1.807) is 0 Å². The fraction of sp³-hybridized carbons (Fsp3) is 0.320. The van der Waals surface area contributed by atoms with E-state index in [0.29, 0.717) is 6.42 Å². The predicted octanol–water partition coefficient (Wildman–Crippen LogP) is 4.77. The topological polar surface area (TPSA) is 55.7 Å². The lowest BCUT2D eigenvalue weighted by Gasteiger charge is -2.36. The van der Waals surface area contributed by atoms with Gasteiger partial charge in [-0.15, -0.1) is 0 Å². The highest BCUT2D eigenvalue weighted by atomic mass is 16.5. The van der Waals surface area contributed by atoms with Crippen molar-refractivity contribution < 1.29 is 14.3 Å². The number of benzene rings is 2. The molecule has 0 fully saturated rings. The van der Waals surface area contributed by atoms with Crippen LogP contribution in [0.15, 0.2) is 77.3 Å². The average molecular weight is 389 g/mol. The van der Waals surface area contributed by atoms with E-state index >= 15 is 0 Å². The minimum absolute atomic E-state index is 0.146. The molecule has 0 amide bonds. The van der Waals surface area contributed by atoms with Crippen molar-refractivity contribution in [2.24, 2.45) is 10.9 Å². The van der Waals surface area contributed by atoms with Gasteiger partial charge in [-0.2, -0.15) is 0 Å². The lowest BCUT2D eigenvalue weighted by Crippen LogP contribution is -2.38. The molecule has 150 valence electrons. The van der Waals surface area contributed by atoms with Crippen molar-refractivity contribution in [1.82, 2.24) is 0 Å². The number of aldehydes is 1. The Morgan fingerprint density at radius 3 is 2.14 bits per heavy atom. The molecule has 0 radical (unpaired) electrons. The summed E-state index contributed by atoms with van der Waals surface area (Å²) in [5.74, 6) is -0.130. The van der Waals surface area contributed by atoms with Gasteiger partial charge in [0.1, 0.15) is 6.29 Å². The van der Waals surface area contributed by atoms with Gasteiger partial charge in [0.05, 0.1) is 24.8 Å². The summed E-state index contributed by atoms with van der Waals surface area (Å²) in [6, 6.07) is 20.1. The van der Waals surface area contributed by atoms with E-state index in [-0.39, 0.29) is 18.3 Å². The molecule has 0 saturated carbocycles. The van der Waals surface area contributed by atoms with Crippen LogP contribution in [0, 0.1) is 5.92 Å². The Bertz CT molecular complexity index is 861. The van der Waals surface area contributed by atoms with Gasteiger partial charge in [-0.05, 0) is 37.7 Å². The van der Waals surface area contributed by atoms with Crippen LogP contribution in [0.4, 0.5) is 0 Å². The van der Waals surface area contributed by atoms with Crippen LogP contribution in [0.3, 0.4) is 0 Å². The second-order valence-corrected chi connectivity index (χ2v) is 7.67. The zero-order valence-electron chi connectivity index (χ0n) is 17.0. The number of esters is 1. The smallest absolute Gasteiger partial charge is 0.307 e. The van der Waals surface area contributed by atoms with Gasteiger partial charge in [-0.3, -0.25) is 14.6 Å². The van der Waals surface area contributed by atoms with Gasteiger partial charge in [0.15, 0.2) is 0 Å². The molecule has 0 heterocycles. The molecule has 2 aromatic rings. The highest BCUT2D eigenvalue weighted by molar-refractivity contribution is 6.13. The van der Waals surface area contributed by atoms with E-state index in [1.165, 1.54) is 7.11 Å². The van der Waals surface area contributed by atoms with Crippen molar-refractivity contribution in [2.45, 2.75) is 38.1 Å². The number of methoxy groups -OCH3 is 1. The summed E-state index contributed by atoms with van der Waals surface area (Å²) in [6.45, 7) is 2.03. The second-order valence-electron chi connectivity index (χ2n) is 7.67. The number of carbonyl (C=O) groups is 2. The molecular formula is C25H27NO3. The third-order valence-electron chi connectivity index (χ3n) is 5.67. The zero-order valence-corrected chi connectivity index (χ0v) is 17.0. The first-order valence-electron chi connectivity index (χ1n) is 9.97. The van der Waals surface area contributed by atoms with Crippen LogP contribution in [-0.4, -0.2) is 30.6 Å². The Morgan fingerprint density at radius 2 is 1.69 bits per heavy atom. The van der Waals surface area contributed by atoms with Crippen LogP contribution in [0.1, 0.15) is 43.7 Å². The molecule has 1 aliphatic rings. The Labute approximate surface area is 172 Å². The summed E-state index contributed by atoms with van der Waals surface area (Å²) in [7, 11) is 1.41. The first-order valence-corrected chi connectivity index (χ1v) is 9.97. The maximum Gasteiger partial charge on any atom is 0.307 e. The Morgan fingerprint density at radius 1 is 1.10 bits per heavy atom. The molecular weight excluding hydrogens is 362 g/mol. The molecule has 0 aliphatic heterocycles. The normalized spacial score (nSPS) is 18.1. The molecule has 0 saturated heterocycles. The number of carbonyl (C=O) groups excluding carboxylic acids is 2. The summed E-state index contributed by atoms with van der Waals surface area (Å²) < 4.78 is 4.99.